The number of hydrogen-bond acceptors (Lipinski definition) is 2. The summed E-state index contributed by atoms with van der Waals surface area (Å²) in [6.45, 7) is 7.61. The van der Waals surface area contributed by atoms with E-state index >= 15 is 0 Å². The minimum atomic E-state index is -0.501. The number of amides is 2. The standard InChI is InChI=1S/C17H22N2O2/c1-5-6-11-9-15(20)19-14-10-12(7-8-13(11)14)18-16(21)17(2,3)4/h7-10,13H,5-6H2,1-4H3,(H,19,20). The van der Waals surface area contributed by atoms with Crippen molar-refractivity contribution in [2.75, 3.05) is 0 Å². The van der Waals surface area contributed by atoms with Gasteiger partial charge in [-0.2, -0.15) is 0 Å². The number of carbonyl (C=O) groups is 2. The fraction of sp³-hybridized carbons (Fsp3) is 0.471. The monoisotopic (exact) mass is 286 g/mol. The molecule has 4 nitrogen and oxygen atoms in total. The Morgan fingerprint density at radius 1 is 1.33 bits per heavy atom. The maximum absolute atomic E-state index is 12.0. The molecule has 0 aromatic heterocycles. The summed E-state index contributed by atoms with van der Waals surface area (Å²) in [5.74, 6) is -0.159. The van der Waals surface area contributed by atoms with Crippen LogP contribution in [0.25, 0.3) is 0 Å². The van der Waals surface area contributed by atoms with E-state index in [9.17, 15) is 9.59 Å². The number of hydrogen-bond donors (Lipinski definition) is 1. The normalized spacial score (nSPS) is 23.3. The summed E-state index contributed by atoms with van der Waals surface area (Å²) in [5.41, 5.74) is 2.03. The average Bonchev–Trinajstić information content (AvgIpc) is 2.37. The molecule has 0 saturated carbocycles. The summed E-state index contributed by atoms with van der Waals surface area (Å²) < 4.78 is 0. The first-order valence-electron chi connectivity index (χ1n) is 7.35. The lowest BCUT2D eigenvalue weighted by atomic mass is 9.85. The highest BCUT2D eigenvalue weighted by molar-refractivity contribution is 6.11. The van der Waals surface area contributed by atoms with E-state index in [4.69, 9.17) is 0 Å². The van der Waals surface area contributed by atoms with Gasteiger partial charge >= 0.3 is 0 Å². The lowest BCUT2D eigenvalue weighted by Crippen LogP contribution is -2.33. The number of carbonyl (C=O) groups excluding carboxylic acids is 2. The van der Waals surface area contributed by atoms with E-state index in [-0.39, 0.29) is 17.7 Å². The summed E-state index contributed by atoms with van der Waals surface area (Å²) in [5, 5.41) is 2.85. The van der Waals surface area contributed by atoms with Gasteiger partial charge in [0, 0.05) is 23.1 Å². The molecule has 21 heavy (non-hydrogen) atoms. The van der Waals surface area contributed by atoms with E-state index in [1.54, 1.807) is 12.2 Å². The van der Waals surface area contributed by atoms with Crippen LogP contribution in [-0.2, 0) is 9.59 Å². The number of allylic oxidation sites excluding steroid dienone is 3. The molecule has 0 saturated heterocycles. The topological polar surface area (TPSA) is 58.5 Å². The highest BCUT2D eigenvalue weighted by Crippen LogP contribution is 2.30. The number of nitrogens with one attached hydrogen (secondary N) is 1. The van der Waals surface area contributed by atoms with Gasteiger partial charge in [-0.25, -0.2) is 4.99 Å². The van der Waals surface area contributed by atoms with Gasteiger partial charge in [0.05, 0.1) is 5.71 Å². The minimum absolute atomic E-state index is 0.0993. The largest absolute Gasteiger partial charge is 0.325 e. The predicted octanol–water partition coefficient (Wildman–Crippen LogP) is 2.93. The zero-order valence-corrected chi connectivity index (χ0v) is 13.1. The lowest BCUT2D eigenvalue weighted by molar-refractivity contribution is -0.124. The first-order chi connectivity index (χ1) is 9.81. The van der Waals surface area contributed by atoms with Crippen LogP contribution in [0.1, 0.15) is 40.5 Å². The first kappa shape index (κ1) is 15.4. The predicted molar refractivity (Wildman–Crippen MR) is 83.7 cm³/mol. The van der Waals surface area contributed by atoms with Crippen molar-refractivity contribution in [2.24, 2.45) is 16.3 Å². The lowest BCUT2D eigenvalue weighted by Gasteiger charge is -2.27. The van der Waals surface area contributed by atoms with Crippen LogP contribution in [0.5, 0.6) is 0 Å². The Labute approximate surface area is 125 Å². The molecule has 1 heterocycles. The van der Waals surface area contributed by atoms with Crippen LogP contribution in [0, 0.1) is 11.3 Å². The summed E-state index contributed by atoms with van der Waals surface area (Å²) >= 11 is 0. The first-order valence-corrected chi connectivity index (χ1v) is 7.35. The zero-order valence-electron chi connectivity index (χ0n) is 13.1. The number of nitrogens with zero attached hydrogens (tertiary/aromatic N) is 1. The molecular formula is C17H22N2O2. The quantitative estimate of drug-likeness (QED) is 0.848. The number of rotatable bonds is 2. The van der Waals surface area contributed by atoms with Gasteiger partial charge in [0.25, 0.3) is 5.91 Å². The van der Waals surface area contributed by atoms with Crippen molar-refractivity contribution in [1.29, 1.82) is 0 Å². The van der Waals surface area contributed by atoms with Crippen molar-refractivity contribution in [3.63, 3.8) is 0 Å². The second kappa shape index (κ2) is 5.80. The van der Waals surface area contributed by atoms with Crippen molar-refractivity contribution in [3.8, 4) is 0 Å². The molecule has 1 N–H and O–H groups in total. The Morgan fingerprint density at radius 2 is 2.05 bits per heavy atom. The van der Waals surface area contributed by atoms with E-state index in [1.807, 2.05) is 32.9 Å². The molecule has 1 aliphatic carbocycles. The molecule has 2 aliphatic rings. The van der Waals surface area contributed by atoms with Gasteiger partial charge in [-0.05, 0) is 18.6 Å². The third kappa shape index (κ3) is 3.57. The smallest absolute Gasteiger partial charge is 0.251 e. The Hall–Kier alpha value is -1.97. The van der Waals surface area contributed by atoms with Crippen LogP contribution in [-0.4, -0.2) is 17.5 Å². The van der Waals surface area contributed by atoms with Crippen LogP contribution in [0.3, 0.4) is 0 Å². The highest BCUT2D eigenvalue weighted by Gasteiger charge is 2.27. The summed E-state index contributed by atoms with van der Waals surface area (Å²) in [6, 6.07) is 0. The molecule has 0 spiro atoms. The van der Waals surface area contributed by atoms with E-state index in [2.05, 4.69) is 17.2 Å². The van der Waals surface area contributed by atoms with Crippen molar-refractivity contribution < 1.29 is 9.59 Å². The zero-order chi connectivity index (χ0) is 15.6. The molecule has 112 valence electrons. The van der Waals surface area contributed by atoms with Crippen LogP contribution in [0.15, 0.2) is 40.6 Å². The van der Waals surface area contributed by atoms with Gasteiger partial charge in [0.2, 0.25) is 5.91 Å². The summed E-state index contributed by atoms with van der Waals surface area (Å²) in [4.78, 5) is 27.8. The Balaban J connectivity index is 2.28. The Morgan fingerprint density at radius 3 is 2.67 bits per heavy atom. The molecule has 2 rings (SSSR count). The molecule has 4 heteroatoms. The molecule has 1 unspecified atom stereocenters. The maximum atomic E-state index is 12.0. The molecule has 0 bridgehead atoms. The second-order valence-electron chi connectivity index (χ2n) is 6.49. The number of fused-ring (bicyclic) bond motifs is 1. The van der Waals surface area contributed by atoms with Crippen molar-refractivity contribution in [2.45, 2.75) is 40.5 Å². The molecule has 1 aliphatic heterocycles. The molecule has 0 fully saturated rings. The van der Waals surface area contributed by atoms with Crippen LogP contribution >= 0.6 is 0 Å². The second-order valence-corrected chi connectivity index (χ2v) is 6.49. The molecule has 0 aromatic rings. The Kier molecular flexibility index (Phi) is 4.26. The van der Waals surface area contributed by atoms with Gasteiger partial charge < -0.3 is 5.32 Å². The van der Waals surface area contributed by atoms with Gasteiger partial charge in [-0.3, -0.25) is 9.59 Å². The van der Waals surface area contributed by atoms with Crippen molar-refractivity contribution in [1.82, 2.24) is 5.32 Å². The SMILES string of the molecule is CCCC1=CC(=O)NC2=CC(=NC(=O)C(C)(C)C)C=CC12. The fourth-order valence-electron chi connectivity index (χ4n) is 2.34. The van der Waals surface area contributed by atoms with E-state index in [1.165, 1.54) is 0 Å². The van der Waals surface area contributed by atoms with Gasteiger partial charge in [-0.1, -0.05) is 45.8 Å². The summed E-state index contributed by atoms with van der Waals surface area (Å²) in [7, 11) is 0. The van der Waals surface area contributed by atoms with Crippen LogP contribution in [0.2, 0.25) is 0 Å². The molecular weight excluding hydrogens is 264 g/mol. The average molecular weight is 286 g/mol. The van der Waals surface area contributed by atoms with Crippen molar-refractivity contribution in [3.05, 3.63) is 35.6 Å². The van der Waals surface area contributed by atoms with Gasteiger partial charge in [0.15, 0.2) is 0 Å². The Bertz CT molecular complexity index is 586. The van der Waals surface area contributed by atoms with E-state index in [0.717, 1.165) is 24.1 Å². The molecule has 0 radical (unpaired) electrons. The number of aliphatic imine (C=N–C) groups is 1. The fourth-order valence-corrected chi connectivity index (χ4v) is 2.34. The third-order valence-electron chi connectivity index (χ3n) is 3.49. The van der Waals surface area contributed by atoms with Crippen LogP contribution < -0.4 is 5.32 Å². The summed E-state index contributed by atoms with van der Waals surface area (Å²) in [6.07, 6.45) is 9.24. The van der Waals surface area contributed by atoms with E-state index in [0.29, 0.717) is 5.71 Å². The highest BCUT2D eigenvalue weighted by atomic mass is 16.2. The van der Waals surface area contributed by atoms with Gasteiger partial charge in [-0.15, -0.1) is 0 Å². The molecule has 2 amide bonds. The minimum Gasteiger partial charge on any atom is -0.325 e. The molecule has 1 atom stereocenters. The third-order valence-corrected chi connectivity index (χ3v) is 3.49. The van der Waals surface area contributed by atoms with Gasteiger partial charge in [0.1, 0.15) is 0 Å². The maximum Gasteiger partial charge on any atom is 0.251 e. The molecule has 0 aromatic carbocycles. The van der Waals surface area contributed by atoms with Crippen LogP contribution in [0.4, 0.5) is 0 Å². The van der Waals surface area contributed by atoms with E-state index < -0.39 is 5.41 Å². The van der Waals surface area contributed by atoms with Crippen molar-refractivity contribution >= 4 is 17.5 Å².